The number of benzene rings is 4. The number of aryl methyl sites for hydroxylation is 2. The molecule has 0 fully saturated rings. The van der Waals surface area contributed by atoms with E-state index in [1.165, 1.54) is 37.3 Å². The number of sulfonamides is 1. The van der Waals surface area contributed by atoms with Crippen molar-refractivity contribution in [2.24, 2.45) is 0 Å². The lowest BCUT2D eigenvalue weighted by molar-refractivity contribution is -0.140. The van der Waals surface area contributed by atoms with Crippen LogP contribution in [0.3, 0.4) is 0 Å². The monoisotopic (exact) mass is 701 g/mol. The van der Waals surface area contributed by atoms with Gasteiger partial charge in [0.1, 0.15) is 18.3 Å². The van der Waals surface area contributed by atoms with Crippen molar-refractivity contribution >= 4 is 27.5 Å². The smallest absolute Gasteiger partial charge is 0.264 e. The molecule has 4 rings (SSSR count). The van der Waals surface area contributed by atoms with Crippen molar-refractivity contribution in [1.82, 2.24) is 10.2 Å². The van der Waals surface area contributed by atoms with Crippen molar-refractivity contribution in [3.05, 3.63) is 113 Å². The highest BCUT2D eigenvalue weighted by Crippen LogP contribution is 2.33. The van der Waals surface area contributed by atoms with Crippen molar-refractivity contribution < 1.29 is 32.2 Å². The molecular weight excluding hydrogens is 655 g/mol. The van der Waals surface area contributed by atoms with Gasteiger partial charge in [-0.3, -0.25) is 13.9 Å². The molecule has 0 unspecified atom stereocenters. The number of rotatable bonds is 16. The van der Waals surface area contributed by atoms with Crippen molar-refractivity contribution in [3.63, 3.8) is 0 Å². The summed E-state index contributed by atoms with van der Waals surface area (Å²) >= 11 is 0. The van der Waals surface area contributed by atoms with Crippen molar-refractivity contribution in [3.8, 4) is 17.2 Å². The third-order valence-corrected chi connectivity index (χ3v) is 10.2. The highest BCUT2D eigenvalue weighted by atomic mass is 32.2. The number of carbonyl (C=O) groups excluding carboxylic acids is 2. The van der Waals surface area contributed by atoms with Gasteiger partial charge < -0.3 is 24.4 Å². The number of carbonyl (C=O) groups is 2. The van der Waals surface area contributed by atoms with Crippen molar-refractivity contribution in [1.29, 1.82) is 0 Å². The van der Waals surface area contributed by atoms with Gasteiger partial charge in [0, 0.05) is 25.1 Å². The normalized spacial score (nSPS) is 12.4. The maximum absolute atomic E-state index is 14.8. The molecule has 0 spiro atoms. The summed E-state index contributed by atoms with van der Waals surface area (Å²) in [5, 5.41) is 3.06. The second-order valence-electron chi connectivity index (χ2n) is 12.3. The Morgan fingerprint density at radius 1 is 0.780 bits per heavy atom. The number of hydrogen-bond acceptors (Lipinski definition) is 7. The lowest BCUT2D eigenvalue weighted by atomic mass is 10.0. The Balaban J connectivity index is 1.87. The molecule has 266 valence electrons. The molecule has 1 N–H and O–H groups in total. The van der Waals surface area contributed by atoms with E-state index in [0.29, 0.717) is 29.2 Å². The molecule has 50 heavy (non-hydrogen) atoms. The third-order valence-electron chi connectivity index (χ3n) is 8.48. The summed E-state index contributed by atoms with van der Waals surface area (Å²) in [7, 11) is 0.0896. The SMILES string of the molecule is CC[C@H](C)NC(=O)[C@@H](Cc1ccccc1)N(Cc1cccc(OC)c1)C(=O)CN(c1cc(C)cc(C)c1)S(=O)(=O)c1ccc(OC)c(OC)c1. The van der Waals surface area contributed by atoms with E-state index < -0.39 is 28.5 Å². The second-order valence-corrected chi connectivity index (χ2v) is 14.1. The van der Waals surface area contributed by atoms with E-state index in [9.17, 15) is 18.0 Å². The summed E-state index contributed by atoms with van der Waals surface area (Å²) in [6, 6.07) is 25.3. The third kappa shape index (κ3) is 9.35. The predicted octanol–water partition coefficient (Wildman–Crippen LogP) is 6.08. The lowest BCUT2D eigenvalue weighted by Crippen LogP contribution is -2.54. The average molecular weight is 702 g/mol. The van der Waals surface area contributed by atoms with Gasteiger partial charge in [-0.1, -0.05) is 55.5 Å². The Morgan fingerprint density at radius 3 is 2.06 bits per heavy atom. The van der Waals surface area contributed by atoms with Crippen molar-refractivity contribution in [2.45, 2.75) is 64.1 Å². The first-order chi connectivity index (χ1) is 23.9. The number of amides is 2. The minimum Gasteiger partial charge on any atom is -0.497 e. The molecular formula is C39H47N3O7S. The maximum atomic E-state index is 14.8. The molecule has 0 bridgehead atoms. The fourth-order valence-electron chi connectivity index (χ4n) is 5.69. The zero-order valence-electron chi connectivity index (χ0n) is 29.8. The van der Waals surface area contributed by atoms with Crippen molar-refractivity contribution in [2.75, 3.05) is 32.2 Å². The quantitative estimate of drug-likeness (QED) is 0.151. The van der Waals surface area contributed by atoms with Gasteiger partial charge in [0.25, 0.3) is 10.0 Å². The van der Waals surface area contributed by atoms with Gasteiger partial charge in [-0.25, -0.2) is 8.42 Å². The predicted molar refractivity (Wildman–Crippen MR) is 195 cm³/mol. The van der Waals surface area contributed by atoms with Crippen LogP contribution in [0.1, 0.15) is 42.5 Å². The summed E-state index contributed by atoms with van der Waals surface area (Å²) in [4.78, 5) is 30.3. The summed E-state index contributed by atoms with van der Waals surface area (Å²) in [5.41, 5.74) is 3.53. The highest BCUT2D eigenvalue weighted by Gasteiger charge is 2.35. The first kappa shape index (κ1) is 37.8. The van der Waals surface area contributed by atoms with Gasteiger partial charge in [-0.15, -0.1) is 0 Å². The summed E-state index contributed by atoms with van der Waals surface area (Å²) in [6.45, 7) is 7.05. The number of nitrogens with one attached hydrogen (secondary N) is 1. The topological polar surface area (TPSA) is 114 Å². The van der Waals surface area contributed by atoms with Gasteiger partial charge >= 0.3 is 0 Å². The van der Waals surface area contributed by atoms with E-state index in [2.05, 4.69) is 5.32 Å². The Kier molecular flexibility index (Phi) is 12.9. The number of nitrogens with zero attached hydrogens (tertiary/aromatic N) is 2. The molecule has 2 amide bonds. The molecule has 0 aliphatic carbocycles. The van der Waals surface area contributed by atoms with E-state index >= 15 is 0 Å². The molecule has 0 aliphatic rings. The maximum Gasteiger partial charge on any atom is 0.264 e. The summed E-state index contributed by atoms with van der Waals surface area (Å²) < 4.78 is 46.4. The van der Waals surface area contributed by atoms with Crippen LogP contribution in [-0.4, -0.2) is 65.1 Å². The molecule has 10 nitrogen and oxygen atoms in total. The van der Waals surface area contributed by atoms with E-state index in [0.717, 1.165) is 21.0 Å². The Labute approximate surface area is 296 Å². The van der Waals surface area contributed by atoms with E-state index in [1.807, 2.05) is 76.2 Å². The fraction of sp³-hybridized carbons (Fsp3) is 0.333. The molecule has 2 atom stereocenters. The van der Waals surface area contributed by atoms with Gasteiger partial charge in [0.2, 0.25) is 11.8 Å². The average Bonchev–Trinajstić information content (AvgIpc) is 3.11. The number of methoxy groups -OCH3 is 3. The van der Waals surface area contributed by atoms with Crippen LogP contribution in [0.4, 0.5) is 5.69 Å². The molecule has 4 aromatic carbocycles. The standard InChI is InChI=1S/C39H47N3O7S/c1-8-29(4)40-39(44)35(23-30-13-10-9-11-14-30)41(25-31-15-12-16-33(22-31)47-5)38(43)26-42(32-20-27(2)19-28(3)21-32)50(45,46)34-17-18-36(48-6)37(24-34)49-7/h9-22,24,29,35H,8,23,25-26H2,1-7H3,(H,40,44)/t29-,35+/m0/s1. The fourth-order valence-corrected chi connectivity index (χ4v) is 7.10. The molecule has 11 heteroatoms. The van der Waals surface area contributed by atoms with Gasteiger partial charge in [-0.2, -0.15) is 0 Å². The Morgan fingerprint density at radius 2 is 1.44 bits per heavy atom. The second kappa shape index (κ2) is 17.1. The number of hydrogen-bond donors (Lipinski definition) is 1. The summed E-state index contributed by atoms with van der Waals surface area (Å²) in [5.74, 6) is 0.286. The largest absolute Gasteiger partial charge is 0.497 e. The van der Waals surface area contributed by atoms with Crippen LogP contribution in [0, 0.1) is 13.8 Å². The van der Waals surface area contributed by atoms with E-state index in [1.54, 1.807) is 31.4 Å². The zero-order valence-corrected chi connectivity index (χ0v) is 30.6. The number of anilines is 1. The first-order valence-corrected chi connectivity index (χ1v) is 17.9. The molecule has 0 heterocycles. The minimum absolute atomic E-state index is 0.0263. The molecule has 0 aromatic heterocycles. The van der Waals surface area contributed by atoms with Crippen LogP contribution in [0.5, 0.6) is 17.2 Å². The molecule has 0 saturated heterocycles. The minimum atomic E-state index is -4.36. The van der Waals surface area contributed by atoms with Gasteiger partial charge in [-0.05, 0) is 85.8 Å². The Hall–Kier alpha value is -5.03. The molecule has 0 aliphatic heterocycles. The first-order valence-electron chi connectivity index (χ1n) is 16.5. The zero-order chi connectivity index (χ0) is 36.4. The van der Waals surface area contributed by atoms with E-state index in [-0.39, 0.29) is 35.6 Å². The van der Waals surface area contributed by atoms with Crippen LogP contribution in [0.2, 0.25) is 0 Å². The van der Waals surface area contributed by atoms with Gasteiger partial charge in [0.15, 0.2) is 11.5 Å². The van der Waals surface area contributed by atoms with Crippen LogP contribution in [0.15, 0.2) is 95.9 Å². The highest BCUT2D eigenvalue weighted by molar-refractivity contribution is 7.92. The Bertz CT molecular complexity index is 1860. The van der Waals surface area contributed by atoms with Crippen LogP contribution >= 0.6 is 0 Å². The van der Waals surface area contributed by atoms with Crippen LogP contribution < -0.4 is 23.8 Å². The molecule has 0 radical (unpaired) electrons. The lowest BCUT2D eigenvalue weighted by Gasteiger charge is -2.34. The van der Waals surface area contributed by atoms with Crippen LogP contribution in [-0.2, 0) is 32.6 Å². The number of ether oxygens (including phenoxy) is 3. The summed E-state index contributed by atoms with van der Waals surface area (Å²) in [6.07, 6.45) is 0.905. The molecule has 4 aromatic rings. The van der Waals surface area contributed by atoms with Gasteiger partial charge in [0.05, 0.1) is 31.9 Å². The van der Waals surface area contributed by atoms with Crippen LogP contribution in [0.25, 0.3) is 0 Å². The molecule has 0 saturated carbocycles. The van der Waals surface area contributed by atoms with E-state index in [4.69, 9.17) is 14.2 Å².